The van der Waals surface area contributed by atoms with Crippen molar-refractivity contribution in [1.82, 2.24) is 39.9 Å². The Bertz CT molecular complexity index is 2680. The maximum absolute atomic E-state index is 11.9. The molecule has 2 aliphatic rings. The molecule has 0 saturated carbocycles. The maximum Gasteiger partial charge on any atom is 3.00 e. The Hall–Kier alpha value is -3.54. The molecule has 0 N–H and O–H groups in total. The van der Waals surface area contributed by atoms with Crippen molar-refractivity contribution in [2.45, 2.75) is 4.90 Å². The number of rotatable bonds is 1. The average Bonchev–Trinajstić information content (AvgIpc) is 3.76. The molecule has 9 rings (SSSR count). The van der Waals surface area contributed by atoms with Crippen LogP contribution in [-0.4, -0.2) is 98.0 Å². The molecule has 2 aliphatic heterocycles. The fourth-order valence-electron chi connectivity index (χ4n) is 5.64. The van der Waals surface area contributed by atoms with Gasteiger partial charge >= 0.3 is 72.2 Å². The Morgan fingerprint density at radius 2 is 0.830 bits per heavy atom. The third-order valence-electron chi connectivity index (χ3n) is 7.68. The van der Waals surface area contributed by atoms with Crippen molar-refractivity contribution in [2.75, 3.05) is 0 Å². The van der Waals surface area contributed by atoms with Crippen molar-refractivity contribution < 1.29 is 30.0 Å². The van der Waals surface area contributed by atoms with Gasteiger partial charge in [-0.05, 0) is 33.7 Å². The fraction of sp³-hybridized carbons (Fsp3) is 0. The van der Waals surface area contributed by atoms with Gasteiger partial charge in [-0.3, -0.25) is 0 Å². The van der Waals surface area contributed by atoms with Crippen LogP contribution >= 0.6 is 0 Å². The number of aromatic nitrogens is 8. The SMILES string of the molecule is O=S(=O)([O-])c1ccc2c3nc4nc(nc5[n-]c(nc6nc(nc([n-]3)c2c1)-c1ccccc1-6)c1ccccc51)-c1ccccc1-4.[Al+3].[Ca+2].[Cu+2]. The first-order valence-electron chi connectivity index (χ1n) is 13.5. The number of benzene rings is 4. The van der Waals surface area contributed by atoms with Crippen LogP contribution in [-0.2, 0) is 27.2 Å². The van der Waals surface area contributed by atoms with Gasteiger partial charge in [-0.25, -0.2) is 18.4 Å². The molecule has 8 bridgehead atoms. The quantitative estimate of drug-likeness (QED) is 0.176. The minimum absolute atomic E-state index is 0. The summed E-state index contributed by atoms with van der Waals surface area (Å²) >= 11 is 0. The van der Waals surface area contributed by atoms with E-state index in [0.717, 1.165) is 27.5 Å². The van der Waals surface area contributed by atoms with Crippen LogP contribution in [0.4, 0.5) is 0 Å². The molecule has 7 aromatic rings. The van der Waals surface area contributed by atoms with Crippen LogP contribution in [0.3, 0.4) is 0 Å². The zero-order chi connectivity index (χ0) is 29.6. The minimum Gasteiger partial charge on any atom is -0.744 e. The first-order chi connectivity index (χ1) is 21.4. The molecule has 0 fully saturated rings. The smallest absolute Gasteiger partial charge is 0.744 e. The molecule has 219 valence electrons. The van der Waals surface area contributed by atoms with E-state index < -0.39 is 15.0 Å². The molecule has 3 aromatic heterocycles. The minimum atomic E-state index is -4.74. The second kappa shape index (κ2) is 12.5. The van der Waals surface area contributed by atoms with Crippen molar-refractivity contribution in [3.05, 3.63) is 91.0 Å². The van der Waals surface area contributed by atoms with E-state index in [0.29, 0.717) is 50.9 Å². The Balaban J connectivity index is 0.00000129. The van der Waals surface area contributed by atoms with E-state index >= 15 is 0 Å². The molecule has 15 heteroatoms. The number of hydrogen-bond acceptors (Lipinski definition) is 9. The summed E-state index contributed by atoms with van der Waals surface area (Å²) in [6.45, 7) is 0. The van der Waals surface area contributed by atoms with Crippen molar-refractivity contribution in [2.24, 2.45) is 0 Å². The Labute approximate surface area is 317 Å². The second-order valence-electron chi connectivity index (χ2n) is 10.3. The van der Waals surface area contributed by atoms with Gasteiger partial charge in [-0.15, -0.1) is 0 Å². The summed E-state index contributed by atoms with van der Waals surface area (Å²) in [5.41, 5.74) is 4.32. The van der Waals surface area contributed by atoms with Crippen LogP contribution in [0.25, 0.3) is 89.7 Å². The molecule has 0 aliphatic carbocycles. The van der Waals surface area contributed by atoms with Crippen LogP contribution in [0.5, 0.6) is 0 Å². The van der Waals surface area contributed by atoms with Gasteiger partial charge in [0.05, 0.1) is 28.2 Å². The summed E-state index contributed by atoms with van der Waals surface area (Å²) in [6.07, 6.45) is 0. The average molecular weight is 722 g/mol. The topological polar surface area (TPSA) is 163 Å². The monoisotopic (exact) mass is 721 g/mol. The van der Waals surface area contributed by atoms with Crippen LogP contribution in [0.1, 0.15) is 0 Å². The van der Waals surface area contributed by atoms with Gasteiger partial charge in [0.1, 0.15) is 10.1 Å². The van der Waals surface area contributed by atoms with E-state index in [1.54, 1.807) is 0 Å². The van der Waals surface area contributed by atoms with Gasteiger partial charge in [0.2, 0.25) is 0 Å². The van der Waals surface area contributed by atoms with Crippen molar-refractivity contribution in [3.63, 3.8) is 0 Å². The summed E-state index contributed by atoms with van der Waals surface area (Å²) in [4.78, 5) is 38.0. The van der Waals surface area contributed by atoms with E-state index in [-0.39, 0.29) is 83.5 Å². The van der Waals surface area contributed by atoms with Gasteiger partial charge in [0.25, 0.3) is 0 Å². The number of nitrogens with zero attached hydrogens (tertiary/aromatic N) is 8. The second-order valence-corrected chi connectivity index (χ2v) is 11.7. The normalized spacial score (nSPS) is 11.6. The van der Waals surface area contributed by atoms with Crippen molar-refractivity contribution in [3.8, 4) is 45.6 Å². The Morgan fingerprint density at radius 1 is 0.489 bits per heavy atom. The standard InChI is InChI=1S/C32H16N8O3S.Al.Ca.Cu/c41-44(42,43)16-13-14-23-24(15-16)32-39-30-22-12-6-5-11-21(22)28(37-30)35-26-18-8-2-1-7-17(18)25(33-26)34-27-19-9-3-4-10-20(19)29(36-27)38-31(23)40-32;;;/h1-15H,(H-2,33,34,35,36,37,38,39,40,41,42,43);;;/q-2;+3;2*+2/p-1. The van der Waals surface area contributed by atoms with Crippen LogP contribution < -0.4 is 9.97 Å². The summed E-state index contributed by atoms with van der Waals surface area (Å²) < 4.78 is 35.8. The van der Waals surface area contributed by atoms with E-state index in [2.05, 4.69) is 0 Å². The van der Waals surface area contributed by atoms with E-state index in [1.807, 2.05) is 72.8 Å². The van der Waals surface area contributed by atoms with Crippen molar-refractivity contribution in [1.29, 1.82) is 0 Å². The zero-order valence-electron chi connectivity index (χ0n) is 24.0. The van der Waals surface area contributed by atoms with Gasteiger partial charge in [0, 0.05) is 44.8 Å². The predicted molar refractivity (Wildman–Crippen MR) is 173 cm³/mol. The molecule has 0 saturated heterocycles. The van der Waals surface area contributed by atoms with E-state index in [4.69, 9.17) is 39.9 Å². The molecule has 0 atom stereocenters. The summed E-state index contributed by atoms with van der Waals surface area (Å²) in [5.74, 6) is 1.54. The van der Waals surface area contributed by atoms with E-state index in [1.165, 1.54) is 18.2 Å². The molecule has 5 heterocycles. The summed E-state index contributed by atoms with van der Waals surface area (Å²) in [7, 11) is -4.74. The van der Waals surface area contributed by atoms with E-state index in [9.17, 15) is 13.0 Å². The third kappa shape index (κ3) is 5.50. The molecular formula is C32H15AlCaCuN8O3S+4. The molecule has 0 unspecified atom stereocenters. The summed E-state index contributed by atoms with van der Waals surface area (Å²) in [6, 6.07) is 26.8. The fourth-order valence-corrected chi connectivity index (χ4v) is 6.14. The largest absolute Gasteiger partial charge is 3.00 e. The molecule has 1 radical (unpaired) electrons. The number of hydrogen-bond donors (Lipinski definition) is 0. The van der Waals surface area contributed by atoms with Crippen LogP contribution in [0.15, 0.2) is 95.9 Å². The van der Waals surface area contributed by atoms with Crippen molar-refractivity contribution >= 4 is 109 Å². The molecule has 4 aromatic carbocycles. The first kappa shape index (κ1) is 33.4. The van der Waals surface area contributed by atoms with Crippen LogP contribution in [0.2, 0.25) is 0 Å². The molecule has 47 heavy (non-hydrogen) atoms. The molecule has 0 amide bonds. The zero-order valence-corrected chi connectivity index (χ0v) is 29.1. The van der Waals surface area contributed by atoms with Gasteiger partial charge in [-0.1, -0.05) is 78.9 Å². The summed E-state index contributed by atoms with van der Waals surface area (Å²) in [5, 5.41) is 2.46. The predicted octanol–water partition coefficient (Wildman–Crippen LogP) is 4.27. The molecule has 11 nitrogen and oxygen atoms in total. The maximum atomic E-state index is 11.9. The van der Waals surface area contributed by atoms with Gasteiger partial charge < -0.3 is 34.5 Å². The van der Waals surface area contributed by atoms with Crippen LogP contribution in [0, 0.1) is 0 Å². The number of fused-ring (bicyclic) bond motifs is 20. The first-order valence-corrected chi connectivity index (χ1v) is 14.9. The third-order valence-corrected chi connectivity index (χ3v) is 8.51. The Kier molecular flexibility index (Phi) is 8.86. The Morgan fingerprint density at radius 3 is 1.21 bits per heavy atom. The van der Waals surface area contributed by atoms with Gasteiger partial charge in [0.15, 0.2) is 0 Å². The van der Waals surface area contributed by atoms with Gasteiger partial charge in [-0.2, -0.15) is 0 Å². The molecule has 0 spiro atoms. The molecular weight excluding hydrogens is 707 g/mol.